The Labute approximate surface area is 124 Å². The first kappa shape index (κ1) is 14.6. The average molecular weight is 289 g/mol. The third-order valence-corrected chi connectivity index (χ3v) is 3.85. The lowest BCUT2D eigenvalue weighted by Crippen LogP contribution is -2.15. The summed E-state index contributed by atoms with van der Waals surface area (Å²) in [5.41, 5.74) is 1.78. The molecule has 1 saturated carbocycles. The van der Waals surface area contributed by atoms with E-state index in [4.69, 9.17) is 11.6 Å². The van der Waals surface area contributed by atoms with Gasteiger partial charge in [-0.1, -0.05) is 36.6 Å². The van der Waals surface area contributed by atoms with Crippen LogP contribution in [-0.4, -0.2) is 5.91 Å². The first-order valence-electron chi connectivity index (χ1n) is 6.90. The lowest BCUT2D eigenvalue weighted by atomic mass is 10.0. The second kappa shape index (κ2) is 7.12. The second-order valence-corrected chi connectivity index (χ2v) is 5.35. The molecule has 0 heterocycles. The molecule has 2 rings (SSSR count). The molecule has 0 aromatic heterocycles. The highest BCUT2D eigenvalue weighted by Gasteiger charge is 2.17. The molecule has 0 bridgehead atoms. The summed E-state index contributed by atoms with van der Waals surface area (Å²) >= 11 is 6.01. The van der Waals surface area contributed by atoms with Crippen LogP contribution in [0.4, 0.5) is 5.69 Å². The largest absolute Gasteiger partial charge is 0.320 e. The van der Waals surface area contributed by atoms with Crippen molar-refractivity contribution < 1.29 is 4.79 Å². The maximum Gasteiger partial charge on any atom is 0.266 e. The molecule has 3 nitrogen and oxygen atoms in total. The molecule has 0 saturated heterocycles. The van der Waals surface area contributed by atoms with Crippen LogP contribution in [0.15, 0.2) is 35.4 Å². The van der Waals surface area contributed by atoms with Crippen LogP contribution in [0.2, 0.25) is 5.02 Å². The number of amides is 1. The summed E-state index contributed by atoms with van der Waals surface area (Å²) in [6.07, 6.45) is 6.15. The molecule has 0 aliphatic heterocycles. The molecule has 0 unspecified atom stereocenters. The third kappa shape index (κ3) is 3.61. The standard InChI is InChI=1S/C16H17ClN2O/c17-14-9-5-6-10-15(14)19-16(20)13(11-18)12-7-3-1-2-4-8-12/h5-6,9-10H,1-4,7-8H2,(H,19,20). The summed E-state index contributed by atoms with van der Waals surface area (Å²) in [5, 5.41) is 12.5. The van der Waals surface area contributed by atoms with Gasteiger partial charge in [-0.25, -0.2) is 0 Å². The minimum atomic E-state index is -0.350. The normalized spacial score (nSPS) is 15.1. The first-order valence-corrected chi connectivity index (χ1v) is 7.28. The van der Waals surface area contributed by atoms with Gasteiger partial charge in [-0.05, 0) is 43.4 Å². The molecule has 104 valence electrons. The number of carbonyl (C=O) groups is 1. The highest BCUT2D eigenvalue weighted by atomic mass is 35.5. The number of hydrogen-bond acceptors (Lipinski definition) is 2. The van der Waals surface area contributed by atoms with Gasteiger partial charge in [-0.15, -0.1) is 0 Å². The molecule has 0 atom stereocenters. The van der Waals surface area contributed by atoms with E-state index in [2.05, 4.69) is 11.4 Å². The molecular weight excluding hydrogens is 272 g/mol. The van der Waals surface area contributed by atoms with Crippen LogP contribution in [0.1, 0.15) is 38.5 Å². The number of nitriles is 1. The van der Waals surface area contributed by atoms with Crippen LogP contribution in [0, 0.1) is 11.3 Å². The van der Waals surface area contributed by atoms with E-state index in [9.17, 15) is 10.1 Å². The quantitative estimate of drug-likeness (QED) is 0.496. The number of allylic oxidation sites excluding steroid dienone is 1. The van der Waals surface area contributed by atoms with Crippen molar-refractivity contribution in [3.63, 3.8) is 0 Å². The van der Waals surface area contributed by atoms with E-state index >= 15 is 0 Å². The number of hydrogen-bond donors (Lipinski definition) is 1. The highest BCUT2D eigenvalue weighted by molar-refractivity contribution is 6.34. The van der Waals surface area contributed by atoms with Crippen LogP contribution in [-0.2, 0) is 4.79 Å². The summed E-state index contributed by atoms with van der Waals surface area (Å²) in [5.74, 6) is -0.350. The van der Waals surface area contributed by atoms with Crippen LogP contribution < -0.4 is 5.32 Å². The Balaban J connectivity index is 2.19. The molecule has 0 spiro atoms. The molecule has 1 aliphatic carbocycles. The fraction of sp³-hybridized carbons (Fsp3) is 0.375. The molecule has 1 fully saturated rings. The van der Waals surface area contributed by atoms with Crippen LogP contribution in [0.25, 0.3) is 0 Å². The zero-order chi connectivity index (χ0) is 14.4. The van der Waals surface area contributed by atoms with E-state index < -0.39 is 0 Å². The fourth-order valence-electron chi connectivity index (χ4n) is 2.44. The smallest absolute Gasteiger partial charge is 0.266 e. The summed E-state index contributed by atoms with van der Waals surface area (Å²) in [4.78, 5) is 12.3. The number of nitrogens with zero attached hydrogens (tertiary/aromatic N) is 1. The van der Waals surface area contributed by atoms with Gasteiger partial charge in [0.1, 0.15) is 11.6 Å². The van der Waals surface area contributed by atoms with Crippen molar-refractivity contribution in [2.24, 2.45) is 0 Å². The molecule has 1 aromatic rings. The predicted octanol–water partition coefficient (Wildman–Crippen LogP) is 4.45. The lowest BCUT2D eigenvalue weighted by Gasteiger charge is -2.09. The summed E-state index contributed by atoms with van der Waals surface area (Å²) in [7, 11) is 0. The van der Waals surface area contributed by atoms with Gasteiger partial charge >= 0.3 is 0 Å². The van der Waals surface area contributed by atoms with Gasteiger partial charge in [-0.2, -0.15) is 5.26 Å². The summed E-state index contributed by atoms with van der Waals surface area (Å²) in [6.45, 7) is 0. The van der Waals surface area contributed by atoms with Crippen molar-refractivity contribution in [3.8, 4) is 6.07 Å². The number of halogens is 1. The van der Waals surface area contributed by atoms with Gasteiger partial charge in [0.15, 0.2) is 0 Å². The van der Waals surface area contributed by atoms with Crippen LogP contribution in [0.3, 0.4) is 0 Å². The molecule has 0 radical (unpaired) electrons. The van der Waals surface area contributed by atoms with E-state index in [1.165, 1.54) is 12.8 Å². The number of nitrogens with one attached hydrogen (secondary N) is 1. The van der Waals surface area contributed by atoms with Crippen molar-refractivity contribution in [1.29, 1.82) is 5.26 Å². The molecular formula is C16H17ClN2O. The Morgan fingerprint density at radius 3 is 2.40 bits per heavy atom. The Kier molecular flexibility index (Phi) is 5.20. The van der Waals surface area contributed by atoms with Crippen molar-refractivity contribution in [2.45, 2.75) is 38.5 Å². The second-order valence-electron chi connectivity index (χ2n) is 4.94. The van der Waals surface area contributed by atoms with Gasteiger partial charge in [-0.3, -0.25) is 4.79 Å². The Morgan fingerprint density at radius 1 is 1.15 bits per heavy atom. The molecule has 1 aromatic carbocycles. The van der Waals surface area contributed by atoms with E-state index in [1.54, 1.807) is 24.3 Å². The minimum absolute atomic E-state index is 0.256. The van der Waals surface area contributed by atoms with E-state index in [1.807, 2.05) is 0 Å². The maximum absolute atomic E-state index is 12.3. The third-order valence-electron chi connectivity index (χ3n) is 3.52. The topological polar surface area (TPSA) is 52.9 Å². The zero-order valence-electron chi connectivity index (χ0n) is 11.3. The number of para-hydroxylation sites is 1. The number of benzene rings is 1. The molecule has 1 aliphatic rings. The SMILES string of the molecule is N#CC(C(=O)Nc1ccccc1Cl)=C1CCCCCC1. The van der Waals surface area contributed by atoms with Gasteiger partial charge in [0.25, 0.3) is 5.91 Å². The monoisotopic (exact) mass is 288 g/mol. The molecule has 4 heteroatoms. The van der Waals surface area contributed by atoms with Crippen LogP contribution >= 0.6 is 11.6 Å². The molecule has 20 heavy (non-hydrogen) atoms. The molecule has 1 amide bonds. The van der Waals surface area contributed by atoms with Crippen molar-refractivity contribution >= 4 is 23.2 Å². The maximum atomic E-state index is 12.3. The van der Waals surface area contributed by atoms with E-state index in [0.717, 1.165) is 31.3 Å². The van der Waals surface area contributed by atoms with Gasteiger partial charge in [0.05, 0.1) is 10.7 Å². The van der Waals surface area contributed by atoms with E-state index in [0.29, 0.717) is 10.7 Å². The Bertz CT molecular complexity index is 562. The molecule has 1 N–H and O–H groups in total. The Morgan fingerprint density at radius 2 is 1.80 bits per heavy atom. The summed E-state index contributed by atoms with van der Waals surface area (Å²) in [6, 6.07) is 9.10. The van der Waals surface area contributed by atoms with Gasteiger partial charge in [0.2, 0.25) is 0 Å². The predicted molar refractivity (Wildman–Crippen MR) is 80.4 cm³/mol. The lowest BCUT2D eigenvalue weighted by molar-refractivity contribution is -0.112. The highest BCUT2D eigenvalue weighted by Crippen LogP contribution is 2.26. The number of rotatable bonds is 2. The fourth-order valence-corrected chi connectivity index (χ4v) is 2.63. The zero-order valence-corrected chi connectivity index (χ0v) is 12.0. The van der Waals surface area contributed by atoms with Gasteiger partial charge < -0.3 is 5.32 Å². The summed E-state index contributed by atoms with van der Waals surface area (Å²) < 4.78 is 0. The first-order chi connectivity index (χ1) is 9.72. The van der Waals surface area contributed by atoms with Crippen molar-refractivity contribution in [2.75, 3.05) is 5.32 Å². The van der Waals surface area contributed by atoms with E-state index in [-0.39, 0.29) is 11.5 Å². The average Bonchev–Trinajstić information content (AvgIpc) is 2.71. The van der Waals surface area contributed by atoms with Crippen LogP contribution in [0.5, 0.6) is 0 Å². The van der Waals surface area contributed by atoms with Crippen molar-refractivity contribution in [3.05, 3.63) is 40.4 Å². The number of carbonyl (C=O) groups excluding carboxylic acids is 1. The minimum Gasteiger partial charge on any atom is -0.320 e. The van der Waals surface area contributed by atoms with Gasteiger partial charge in [0, 0.05) is 0 Å². The Hall–Kier alpha value is -1.79. The van der Waals surface area contributed by atoms with Crippen molar-refractivity contribution in [1.82, 2.24) is 0 Å². The number of anilines is 1.